The molecule has 100 valence electrons. The van der Waals surface area contributed by atoms with E-state index in [9.17, 15) is 5.11 Å². The number of benzene rings is 1. The van der Waals surface area contributed by atoms with Crippen LogP contribution in [0.4, 0.5) is 0 Å². The van der Waals surface area contributed by atoms with E-state index in [0.29, 0.717) is 0 Å². The van der Waals surface area contributed by atoms with Gasteiger partial charge in [0, 0.05) is 16.8 Å². The Labute approximate surface area is 118 Å². The first-order valence-corrected chi connectivity index (χ1v) is 7.37. The molecule has 1 aromatic carbocycles. The highest BCUT2D eigenvalue weighted by molar-refractivity contribution is 7.98. The van der Waals surface area contributed by atoms with Gasteiger partial charge in [-0.05, 0) is 38.5 Å². The first-order valence-electron chi connectivity index (χ1n) is 6.38. The first kappa shape index (κ1) is 14.1. The lowest BCUT2D eigenvalue weighted by Crippen LogP contribution is -1.94. The highest BCUT2D eigenvalue weighted by Gasteiger charge is 2.03. The maximum atomic E-state index is 9.41. The molecule has 0 amide bonds. The molecule has 3 heteroatoms. The van der Waals surface area contributed by atoms with Crippen molar-refractivity contribution in [3.05, 3.63) is 58.9 Å². The van der Waals surface area contributed by atoms with Crippen molar-refractivity contribution in [3.8, 4) is 0 Å². The Hall–Kier alpha value is -1.32. The Balaban J connectivity index is 2.02. The zero-order chi connectivity index (χ0) is 13.8. The van der Waals surface area contributed by atoms with Gasteiger partial charge in [0.25, 0.3) is 0 Å². The fraction of sp³-hybridized carbons (Fsp3) is 0.312. The van der Waals surface area contributed by atoms with Gasteiger partial charge < -0.3 is 5.11 Å². The smallest absolute Gasteiger partial charge is 0.0931 e. The minimum absolute atomic E-state index is 0.501. The van der Waals surface area contributed by atoms with Crippen LogP contribution in [-0.4, -0.2) is 10.1 Å². The summed E-state index contributed by atoms with van der Waals surface area (Å²) in [5.74, 6) is 0.943. The van der Waals surface area contributed by atoms with E-state index >= 15 is 0 Å². The molecule has 1 heterocycles. The molecule has 1 N–H and O–H groups in total. The van der Waals surface area contributed by atoms with E-state index in [2.05, 4.69) is 37.0 Å². The van der Waals surface area contributed by atoms with Gasteiger partial charge in [-0.3, -0.25) is 4.98 Å². The fourth-order valence-corrected chi connectivity index (χ4v) is 2.83. The van der Waals surface area contributed by atoms with Crippen molar-refractivity contribution < 1.29 is 5.11 Å². The Morgan fingerprint density at radius 3 is 2.37 bits per heavy atom. The molecule has 1 aromatic heterocycles. The molecule has 2 nitrogen and oxygen atoms in total. The Morgan fingerprint density at radius 1 is 1.16 bits per heavy atom. The standard InChI is InChI=1S/C16H19NOS/c1-11-6-12(2)8-14(7-11)10-19-15-4-5-16(13(3)18)17-9-15/h4-9,13,18H,10H2,1-3H3/t13-/m1/s1. The van der Waals surface area contributed by atoms with Crippen LogP contribution in [0.5, 0.6) is 0 Å². The fourth-order valence-electron chi connectivity index (χ4n) is 2.04. The van der Waals surface area contributed by atoms with E-state index in [1.807, 2.05) is 18.3 Å². The Kier molecular flexibility index (Phi) is 4.61. The van der Waals surface area contributed by atoms with E-state index in [1.54, 1.807) is 18.7 Å². The molecule has 0 aliphatic heterocycles. The molecule has 19 heavy (non-hydrogen) atoms. The van der Waals surface area contributed by atoms with Crippen LogP contribution < -0.4 is 0 Å². The molecule has 0 fully saturated rings. The van der Waals surface area contributed by atoms with Gasteiger partial charge in [0.2, 0.25) is 0 Å². The van der Waals surface area contributed by atoms with Crippen LogP contribution in [0, 0.1) is 13.8 Å². The van der Waals surface area contributed by atoms with E-state index in [-0.39, 0.29) is 0 Å². The number of nitrogens with zero attached hydrogens (tertiary/aromatic N) is 1. The zero-order valence-corrected chi connectivity index (χ0v) is 12.4. The summed E-state index contributed by atoms with van der Waals surface area (Å²) in [6, 6.07) is 10.5. The third-order valence-corrected chi connectivity index (χ3v) is 3.93. The molecule has 0 saturated carbocycles. The van der Waals surface area contributed by atoms with Crippen LogP contribution in [0.1, 0.15) is 35.4 Å². The molecule has 0 aliphatic rings. The van der Waals surface area contributed by atoms with Gasteiger partial charge in [-0.1, -0.05) is 29.3 Å². The second-order valence-corrected chi connectivity index (χ2v) is 5.93. The molecule has 0 unspecified atom stereocenters. The number of hydrogen-bond acceptors (Lipinski definition) is 3. The number of rotatable bonds is 4. The highest BCUT2D eigenvalue weighted by atomic mass is 32.2. The van der Waals surface area contributed by atoms with Crippen LogP contribution in [0.2, 0.25) is 0 Å². The summed E-state index contributed by atoms with van der Waals surface area (Å²) < 4.78 is 0. The van der Waals surface area contributed by atoms with Crippen molar-refractivity contribution in [2.75, 3.05) is 0 Å². The topological polar surface area (TPSA) is 33.1 Å². The van der Waals surface area contributed by atoms with Crippen molar-refractivity contribution in [1.29, 1.82) is 0 Å². The normalized spacial score (nSPS) is 12.4. The summed E-state index contributed by atoms with van der Waals surface area (Å²) >= 11 is 1.77. The lowest BCUT2D eigenvalue weighted by Gasteiger charge is -2.07. The van der Waals surface area contributed by atoms with Gasteiger partial charge in [-0.15, -0.1) is 11.8 Å². The van der Waals surface area contributed by atoms with Gasteiger partial charge in [0.05, 0.1) is 11.8 Å². The van der Waals surface area contributed by atoms with Gasteiger partial charge in [-0.2, -0.15) is 0 Å². The van der Waals surface area contributed by atoms with Crippen molar-refractivity contribution in [3.63, 3.8) is 0 Å². The quantitative estimate of drug-likeness (QED) is 0.853. The summed E-state index contributed by atoms with van der Waals surface area (Å²) in [6.45, 7) is 5.98. The molecular weight excluding hydrogens is 254 g/mol. The predicted molar refractivity (Wildman–Crippen MR) is 80.3 cm³/mol. The third kappa shape index (κ3) is 4.08. The van der Waals surface area contributed by atoms with Gasteiger partial charge in [0.15, 0.2) is 0 Å². The van der Waals surface area contributed by atoms with E-state index < -0.39 is 6.10 Å². The minimum Gasteiger partial charge on any atom is -0.387 e. The van der Waals surface area contributed by atoms with E-state index in [1.165, 1.54) is 16.7 Å². The molecule has 0 bridgehead atoms. The number of aliphatic hydroxyl groups is 1. The van der Waals surface area contributed by atoms with Crippen molar-refractivity contribution in [1.82, 2.24) is 4.98 Å². The third-order valence-electron chi connectivity index (χ3n) is 2.87. The molecular formula is C16H19NOS. The molecule has 0 aliphatic carbocycles. The van der Waals surface area contributed by atoms with Gasteiger partial charge in [0.1, 0.15) is 0 Å². The SMILES string of the molecule is Cc1cc(C)cc(CSc2ccc([C@@H](C)O)nc2)c1. The number of aryl methyl sites for hydroxylation is 2. The molecule has 0 spiro atoms. The molecule has 1 atom stereocenters. The minimum atomic E-state index is -0.501. The lowest BCUT2D eigenvalue weighted by molar-refractivity contribution is 0.194. The average Bonchev–Trinajstić information content (AvgIpc) is 2.36. The van der Waals surface area contributed by atoms with Crippen LogP contribution in [0.15, 0.2) is 41.4 Å². The van der Waals surface area contributed by atoms with Crippen LogP contribution in [-0.2, 0) is 5.75 Å². The highest BCUT2D eigenvalue weighted by Crippen LogP contribution is 2.24. The monoisotopic (exact) mass is 273 g/mol. The van der Waals surface area contributed by atoms with Crippen molar-refractivity contribution in [2.45, 2.75) is 37.5 Å². The Bertz CT molecular complexity index is 529. The largest absolute Gasteiger partial charge is 0.387 e. The number of aliphatic hydroxyl groups excluding tert-OH is 1. The molecule has 0 radical (unpaired) electrons. The second-order valence-electron chi connectivity index (χ2n) is 4.88. The van der Waals surface area contributed by atoms with Gasteiger partial charge in [-0.25, -0.2) is 0 Å². The average molecular weight is 273 g/mol. The second kappa shape index (κ2) is 6.22. The van der Waals surface area contributed by atoms with Crippen LogP contribution in [0.3, 0.4) is 0 Å². The molecule has 2 rings (SSSR count). The van der Waals surface area contributed by atoms with Crippen LogP contribution in [0.25, 0.3) is 0 Å². The number of pyridine rings is 1. The summed E-state index contributed by atoms with van der Waals surface area (Å²) in [7, 11) is 0. The summed E-state index contributed by atoms with van der Waals surface area (Å²) in [6.07, 6.45) is 1.33. The summed E-state index contributed by atoms with van der Waals surface area (Å²) in [4.78, 5) is 5.38. The molecule has 2 aromatic rings. The summed E-state index contributed by atoms with van der Waals surface area (Å²) in [5, 5.41) is 9.41. The first-order chi connectivity index (χ1) is 9.04. The van der Waals surface area contributed by atoms with Crippen LogP contribution >= 0.6 is 11.8 Å². The number of hydrogen-bond donors (Lipinski definition) is 1. The Morgan fingerprint density at radius 2 is 1.84 bits per heavy atom. The van der Waals surface area contributed by atoms with E-state index in [4.69, 9.17) is 0 Å². The maximum Gasteiger partial charge on any atom is 0.0931 e. The maximum absolute atomic E-state index is 9.41. The van der Waals surface area contributed by atoms with Crippen molar-refractivity contribution >= 4 is 11.8 Å². The lowest BCUT2D eigenvalue weighted by atomic mass is 10.1. The predicted octanol–water partition coefficient (Wildman–Crippen LogP) is 4.04. The number of thioether (sulfide) groups is 1. The van der Waals surface area contributed by atoms with Crippen molar-refractivity contribution in [2.24, 2.45) is 0 Å². The summed E-state index contributed by atoms with van der Waals surface area (Å²) in [5.41, 5.74) is 4.66. The molecule has 0 saturated heterocycles. The number of aromatic nitrogens is 1. The van der Waals surface area contributed by atoms with Gasteiger partial charge >= 0.3 is 0 Å². The zero-order valence-electron chi connectivity index (χ0n) is 11.6. The van der Waals surface area contributed by atoms with E-state index in [0.717, 1.165) is 16.3 Å².